The molecule has 0 saturated carbocycles. The van der Waals surface area contributed by atoms with Gasteiger partial charge in [0.1, 0.15) is 0 Å². The first-order valence-corrected chi connectivity index (χ1v) is 5.01. The molecule has 0 aliphatic carbocycles. The van der Waals surface area contributed by atoms with Gasteiger partial charge in [-0.05, 0) is 19.4 Å². The molecule has 2 aromatic rings. The number of nitrogens with zero attached hydrogens (tertiary/aromatic N) is 2. The molecule has 0 bridgehead atoms. The van der Waals surface area contributed by atoms with Crippen LogP contribution in [0.4, 0.5) is 0 Å². The van der Waals surface area contributed by atoms with Crippen molar-refractivity contribution in [2.45, 2.75) is 20.4 Å². The maximum atomic E-state index is 5.69. The molecule has 3 N–H and O–H groups in total. The van der Waals surface area contributed by atoms with Crippen LogP contribution in [0.25, 0.3) is 11.1 Å². The smallest absolute Gasteiger partial charge is 0.0675 e. The van der Waals surface area contributed by atoms with Gasteiger partial charge >= 0.3 is 0 Å². The van der Waals surface area contributed by atoms with Gasteiger partial charge in [-0.3, -0.25) is 4.68 Å². The number of nitrogens with two attached hydrogens (primary N) is 1. The molecule has 0 atom stereocenters. The zero-order valence-corrected chi connectivity index (χ0v) is 9.33. The van der Waals surface area contributed by atoms with E-state index in [0.29, 0.717) is 6.54 Å². The summed E-state index contributed by atoms with van der Waals surface area (Å²) in [6, 6.07) is 0. The third-order valence-electron chi connectivity index (χ3n) is 2.83. The number of hydrogen-bond acceptors (Lipinski definition) is 2. The predicted molar refractivity (Wildman–Crippen MR) is 60.4 cm³/mol. The standard InChI is InChI=1S/C11H16N4/c1-7-11(8(2)15(3)14-7)10-6-13-5-9(10)4-12/h5-6,13H,4,12H2,1-3H3. The molecule has 4 nitrogen and oxygen atoms in total. The number of nitrogens with one attached hydrogen (secondary N) is 1. The van der Waals surface area contributed by atoms with E-state index < -0.39 is 0 Å². The van der Waals surface area contributed by atoms with Crippen LogP contribution in [0.3, 0.4) is 0 Å². The number of aromatic amines is 1. The minimum absolute atomic E-state index is 0.548. The van der Waals surface area contributed by atoms with Crippen molar-refractivity contribution in [2.75, 3.05) is 0 Å². The maximum Gasteiger partial charge on any atom is 0.0675 e. The Morgan fingerprint density at radius 1 is 1.40 bits per heavy atom. The van der Waals surface area contributed by atoms with Gasteiger partial charge in [-0.15, -0.1) is 0 Å². The molecular formula is C11H16N4. The first-order valence-electron chi connectivity index (χ1n) is 5.01. The zero-order valence-electron chi connectivity index (χ0n) is 9.33. The first kappa shape index (κ1) is 9.98. The fraction of sp³-hybridized carbons (Fsp3) is 0.364. The number of aryl methyl sites for hydroxylation is 2. The zero-order chi connectivity index (χ0) is 11.0. The summed E-state index contributed by atoms with van der Waals surface area (Å²) in [5.41, 5.74) is 11.4. The molecule has 2 aromatic heterocycles. The van der Waals surface area contributed by atoms with Crippen LogP contribution in [0.15, 0.2) is 12.4 Å². The van der Waals surface area contributed by atoms with Gasteiger partial charge in [0.15, 0.2) is 0 Å². The number of rotatable bonds is 2. The van der Waals surface area contributed by atoms with Crippen LogP contribution in [-0.2, 0) is 13.6 Å². The van der Waals surface area contributed by atoms with E-state index in [-0.39, 0.29) is 0 Å². The monoisotopic (exact) mass is 204 g/mol. The molecule has 0 unspecified atom stereocenters. The van der Waals surface area contributed by atoms with E-state index in [4.69, 9.17) is 5.73 Å². The highest BCUT2D eigenvalue weighted by atomic mass is 15.3. The molecule has 2 heterocycles. The van der Waals surface area contributed by atoms with Gasteiger partial charge in [0.2, 0.25) is 0 Å². The Hall–Kier alpha value is -1.55. The van der Waals surface area contributed by atoms with Crippen LogP contribution >= 0.6 is 0 Å². The molecule has 4 heteroatoms. The normalized spacial score (nSPS) is 10.9. The average molecular weight is 204 g/mol. The lowest BCUT2D eigenvalue weighted by atomic mass is 10.0. The van der Waals surface area contributed by atoms with Gasteiger partial charge in [0, 0.05) is 42.8 Å². The summed E-state index contributed by atoms with van der Waals surface area (Å²) >= 11 is 0. The van der Waals surface area contributed by atoms with E-state index >= 15 is 0 Å². The van der Waals surface area contributed by atoms with E-state index in [0.717, 1.165) is 11.3 Å². The summed E-state index contributed by atoms with van der Waals surface area (Å²) in [7, 11) is 1.96. The van der Waals surface area contributed by atoms with Crippen molar-refractivity contribution in [3.63, 3.8) is 0 Å². The molecule has 0 spiro atoms. The minimum Gasteiger partial charge on any atom is -0.367 e. The maximum absolute atomic E-state index is 5.69. The average Bonchev–Trinajstić information content (AvgIpc) is 2.73. The lowest BCUT2D eigenvalue weighted by molar-refractivity contribution is 0.731. The van der Waals surface area contributed by atoms with Gasteiger partial charge in [-0.25, -0.2) is 0 Å². The second-order valence-electron chi connectivity index (χ2n) is 3.77. The molecule has 0 aliphatic rings. The molecule has 80 valence electrons. The van der Waals surface area contributed by atoms with Crippen molar-refractivity contribution in [2.24, 2.45) is 12.8 Å². The van der Waals surface area contributed by atoms with Crippen LogP contribution in [0.5, 0.6) is 0 Å². The second kappa shape index (κ2) is 3.55. The number of H-pyrrole nitrogens is 1. The van der Waals surface area contributed by atoms with Crippen molar-refractivity contribution in [3.8, 4) is 11.1 Å². The Labute approximate surface area is 89.1 Å². The lowest BCUT2D eigenvalue weighted by Crippen LogP contribution is -1.97. The number of hydrogen-bond donors (Lipinski definition) is 2. The first-order chi connectivity index (χ1) is 7.15. The summed E-state index contributed by atoms with van der Waals surface area (Å²) in [6.45, 7) is 4.64. The van der Waals surface area contributed by atoms with Crippen molar-refractivity contribution < 1.29 is 0 Å². The fourth-order valence-corrected chi connectivity index (χ4v) is 1.96. The third kappa shape index (κ3) is 1.47. The van der Waals surface area contributed by atoms with Crippen LogP contribution in [0, 0.1) is 13.8 Å². The van der Waals surface area contributed by atoms with Gasteiger partial charge < -0.3 is 10.7 Å². The Bertz CT molecular complexity index is 479. The Kier molecular flexibility index (Phi) is 2.36. The van der Waals surface area contributed by atoms with Crippen LogP contribution in [-0.4, -0.2) is 14.8 Å². The van der Waals surface area contributed by atoms with Gasteiger partial charge in [0.05, 0.1) is 5.69 Å². The minimum atomic E-state index is 0.548. The highest BCUT2D eigenvalue weighted by Crippen LogP contribution is 2.29. The highest BCUT2D eigenvalue weighted by molar-refractivity contribution is 5.71. The van der Waals surface area contributed by atoms with E-state index in [1.807, 2.05) is 31.0 Å². The largest absolute Gasteiger partial charge is 0.367 e. The van der Waals surface area contributed by atoms with E-state index in [1.54, 1.807) is 0 Å². The molecule has 0 aliphatic heterocycles. The van der Waals surface area contributed by atoms with E-state index in [1.165, 1.54) is 16.8 Å². The van der Waals surface area contributed by atoms with E-state index in [2.05, 4.69) is 17.0 Å². The summed E-state index contributed by atoms with van der Waals surface area (Å²) in [5.74, 6) is 0. The van der Waals surface area contributed by atoms with Crippen LogP contribution < -0.4 is 5.73 Å². The molecule has 0 fully saturated rings. The number of aromatic nitrogens is 3. The van der Waals surface area contributed by atoms with Gasteiger partial charge in [-0.1, -0.05) is 0 Å². The van der Waals surface area contributed by atoms with Crippen LogP contribution in [0.2, 0.25) is 0 Å². The third-order valence-corrected chi connectivity index (χ3v) is 2.83. The van der Waals surface area contributed by atoms with Crippen molar-refractivity contribution in [1.29, 1.82) is 0 Å². The Morgan fingerprint density at radius 3 is 2.67 bits per heavy atom. The molecule has 2 rings (SSSR count). The van der Waals surface area contributed by atoms with Crippen molar-refractivity contribution in [3.05, 3.63) is 29.3 Å². The Balaban J connectivity index is 2.63. The molecule has 0 aromatic carbocycles. The fourth-order valence-electron chi connectivity index (χ4n) is 1.96. The molecule has 0 radical (unpaired) electrons. The summed E-state index contributed by atoms with van der Waals surface area (Å²) in [4.78, 5) is 3.09. The molecule has 0 saturated heterocycles. The SMILES string of the molecule is Cc1nn(C)c(C)c1-c1c[nH]cc1CN. The lowest BCUT2D eigenvalue weighted by Gasteiger charge is -2.02. The molecular weight excluding hydrogens is 188 g/mol. The molecule has 0 amide bonds. The summed E-state index contributed by atoms with van der Waals surface area (Å²) in [6.07, 6.45) is 3.93. The van der Waals surface area contributed by atoms with Crippen molar-refractivity contribution in [1.82, 2.24) is 14.8 Å². The highest BCUT2D eigenvalue weighted by Gasteiger charge is 2.14. The molecule has 15 heavy (non-hydrogen) atoms. The summed E-state index contributed by atoms with van der Waals surface area (Å²) in [5, 5.41) is 4.40. The van der Waals surface area contributed by atoms with Crippen molar-refractivity contribution >= 4 is 0 Å². The van der Waals surface area contributed by atoms with Crippen LogP contribution in [0.1, 0.15) is 17.0 Å². The quantitative estimate of drug-likeness (QED) is 0.778. The Morgan fingerprint density at radius 2 is 2.13 bits per heavy atom. The predicted octanol–water partition coefficient (Wildman–Crippen LogP) is 1.49. The van der Waals surface area contributed by atoms with Gasteiger partial charge in [-0.2, -0.15) is 5.10 Å². The van der Waals surface area contributed by atoms with E-state index in [9.17, 15) is 0 Å². The second-order valence-corrected chi connectivity index (χ2v) is 3.77. The summed E-state index contributed by atoms with van der Waals surface area (Å²) < 4.78 is 1.90. The van der Waals surface area contributed by atoms with Gasteiger partial charge in [0.25, 0.3) is 0 Å². The topological polar surface area (TPSA) is 59.6 Å².